The molecule has 3 fully saturated rings. The molecule has 2 aromatic carbocycles. The largest absolute Gasteiger partial charge is 0.453 e. The van der Waals surface area contributed by atoms with Crippen LogP contribution >= 0.6 is 0 Å². The Bertz CT molecular complexity index is 978. The third-order valence-electron chi connectivity index (χ3n) is 10.4. The van der Waals surface area contributed by atoms with E-state index in [1.807, 2.05) is 36.4 Å². The Morgan fingerprint density at radius 2 is 1.36 bits per heavy atom. The first-order valence-electron chi connectivity index (χ1n) is 17.0. The summed E-state index contributed by atoms with van der Waals surface area (Å²) in [7, 11) is 1.56. The molecular formula is C38H58N2O2. The van der Waals surface area contributed by atoms with Crippen molar-refractivity contribution in [3.05, 3.63) is 72.3 Å². The van der Waals surface area contributed by atoms with Crippen molar-refractivity contribution in [3.63, 3.8) is 0 Å². The van der Waals surface area contributed by atoms with E-state index >= 15 is 0 Å². The molecule has 2 aliphatic carbocycles. The van der Waals surface area contributed by atoms with Gasteiger partial charge in [0.2, 0.25) is 0 Å². The number of piperidine rings is 1. The van der Waals surface area contributed by atoms with E-state index in [1.54, 1.807) is 7.11 Å². The lowest BCUT2D eigenvalue weighted by atomic mass is 9.71. The third-order valence-corrected chi connectivity index (χ3v) is 10.4. The van der Waals surface area contributed by atoms with E-state index in [1.165, 1.54) is 76.6 Å². The second-order valence-corrected chi connectivity index (χ2v) is 14.4. The van der Waals surface area contributed by atoms with Crippen molar-refractivity contribution in [2.24, 2.45) is 23.2 Å². The van der Waals surface area contributed by atoms with Crippen LogP contribution in [0.3, 0.4) is 0 Å². The van der Waals surface area contributed by atoms with E-state index in [4.69, 9.17) is 4.74 Å². The molecule has 3 aliphatic rings. The maximum atomic E-state index is 12.9. The molecule has 0 spiro atoms. The van der Waals surface area contributed by atoms with Crippen molar-refractivity contribution >= 4 is 6.09 Å². The number of hydrogen-bond donors (Lipinski definition) is 0. The second kappa shape index (κ2) is 16.5. The molecule has 1 heterocycles. The predicted molar refractivity (Wildman–Crippen MR) is 176 cm³/mol. The minimum absolute atomic E-state index is 0.0869. The highest BCUT2D eigenvalue weighted by molar-refractivity contribution is 5.68. The number of likely N-dealkylation sites (tertiary alicyclic amines) is 1. The highest BCUT2D eigenvalue weighted by Crippen LogP contribution is 2.41. The molecule has 2 atom stereocenters. The van der Waals surface area contributed by atoms with Gasteiger partial charge in [0, 0.05) is 18.6 Å². The summed E-state index contributed by atoms with van der Waals surface area (Å²) in [4.78, 5) is 17.8. The number of rotatable bonds is 8. The summed E-state index contributed by atoms with van der Waals surface area (Å²) in [5, 5.41) is 0. The van der Waals surface area contributed by atoms with Crippen LogP contribution in [0.1, 0.15) is 97.0 Å². The van der Waals surface area contributed by atoms with Crippen LogP contribution in [0.15, 0.2) is 66.7 Å². The first-order valence-corrected chi connectivity index (χ1v) is 17.0. The summed E-state index contributed by atoms with van der Waals surface area (Å²) in [6.07, 6.45) is 14.8. The van der Waals surface area contributed by atoms with E-state index in [0.29, 0.717) is 17.5 Å². The quantitative estimate of drug-likeness (QED) is 0.315. The fourth-order valence-corrected chi connectivity index (χ4v) is 7.84. The van der Waals surface area contributed by atoms with Crippen LogP contribution in [0.5, 0.6) is 0 Å². The summed E-state index contributed by atoms with van der Waals surface area (Å²) < 4.78 is 5.31. The fourth-order valence-electron chi connectivity index (χ4n) is 7.84. The van der Waals surface area contributed by atoms with Crippen LogP contribution in [0, 0.1) is 23.2 Å². The third kappa shape index (κ3) is 10.1. The summed E-state index contributed by atoms with van der Waals surface area (Å²) in [6.45, 7) is 10.8. The van der Waals surface area contributed by atoms with Gasteiger partial charge < -0.3 is 14.5 Å². The summed E-state index contributed by atoms with van der Waals surface area (Å²) in [6, 6.07) is 23.7. The molecule has 1 amide bonds. The Balaban J connectivity index is 0.000000600. The molecule has 2 aromatic rings. The lowest BCUT2D eigenvalue weighted by molar-refractivity contribution is 0.0509. The summed E-state index contributed by atoms with van der Waals surface area (Å²) >= 11 is 0. The fraction of sp³-hybridized carbons (Fsp3) is 0.658. The van der Waals surface area contributed by atoms with Gasteiger partial charge in [-0.3, -0.25) is 0 Å². The van der Waals surface area contributed by atoms with E-state index in [2.05, 4.69) is 60.9 Å². The van der Waals surface area contributed by atoms with Gasteiger partial charge in [0.15, 0.2) is 0 Å². The zero-order valence-electron chi connectivity index (χ0n) is 27.1. The standard InChI is InChI=1S/C32H52N2O2.C6H6/c1-32(2,3)28-14-17-29(18-15-28)34(31(35)36-4)30-16-13-27(23-30)24-33-21-19-26(20-22-33)12-8-11-25-9-6-5-7-10-25;1-2-4-6-5-3-1/h5-7,9-10,26-30H,8,11-24H2,1-4H3;1-6H. The monoisotopic (exact) mass is 574 g/mol. The number of carbonyl (C=O) groups excluding carboxylic acids is 1. The molecule has 5 rings (SSSR count). The summed E-state index contributed by atoms with van der Waals surface area (Å²) in [5.41, 5.74) is 1.85. The Morgan fingerprint density at radius 3 is 1.93 bits per heavy atom. The molecule has 4 heteroatoms. The lowest BCUT2D eigenvalue weighted by Gasteiger charge is -2.42. The van der Waals surface area contributed by atoms with E-state index in [-0.39, 0.29) is 6.09 Å². The number of nitrogens with zero attached hydrogens (tertiary/aromatic N) is 2. The minimum atomic E-state index is -0.0869. The molecule has 0 aromatic heterocycles. The van der Waals surface area contributed by atoms with Crippen molar-refractivity contribution in [2.45, 2.75) is 110 Å². The Labute approximate surface area is 257 Å². The van der Waals surface area contributed by atoms with Crippen LogP contribution in [0.25, 0.3) is 0 Å². The number of methoxy groups -OCH3 is 1. The molecule has 42 heavy (non-hydrogen) atoms. The number of benzene rings is 2. The van der Waals surface area contributed by atoms with Crippen molar-refractivity contribution in [1.29, 1.82) is 0 Å². The molecule has 0 N–H and O–H groups in total. The van der Waals surface area contributed by atoms with Crippen LogP contribution in [-0.4, -0.2) is 54.7 Å². The smallest absolute Gasteiger partial charge is 0.409 e. The average molecular weight is 575 g/mol. The van der Waals surface area contributed by atoms with Crippen LogP contribution in [-0.2, 0) is 11.2 Å². The van der Waals surface area contributed by atoms with E-state index in [0.717, 1.165) is 43.4 Å². The number of amides is 1. The lowest BCUT2D eigenvalue weighted by Crippen LogP contribution is -2.48. The number of hydrogen-bond acceptors (Lipinski definition) is 3. The molecule has 4 nitrogen and oxygen atoms in total. The predicted octanol–water partition coefficient (Wildman–Crippen LogP) is 9.25. The van der Waals surface area contributed by atoms with E-state index in [9.17, 15) is 4.79 Å². The van der Waals surface area contributed by atoms with Gasteiger partial charge in [0.05, 0.1) is 7.11 Å². The first-order chi connectivity index (χ1) is 20.3. The molecule has 0 bridgehead atoms. The van der Waals surface area contributed by atoms with Gasteiger partial charge >= 0.3 is 6.09 Å². The SMILES string of the molecule is COC(=O)N(C1CCC(C(C)(C)C)CC1)C1CCC(CN2CCC(CCCc3ccccc3)CC2)C1.c1ccccc1. The Hall–Kier alpha value is -2.33. The van der Waals surface area contributed by atoms with Crippen molar-refractivity contribution in [1.82, 2.24) is 9.80 Å². The van der Waals surface area contributed by atoms with Crippen molar-refractivity contribution in [3.8, 4) is 0 Å². The molecular weight excluding hydrogens is 516 g/mol. The number of ether oxygens (including phenoxy) is 1. The highest BCUT2D eigenvalue weighted by Gasteiger charge is 2.40. The van der Waals surface area contributed by atoms with Gasteiger partial charge in [-0.1, -0.05) is 93.9 Å². The molecule has 2 unspecified atom stereocenters. The van der Waals surface area contributed by atoms with Gasteiger partial charge in [0.25, 0.3) is 0 Å². The van der Waals surface area contributed by atoms with Gasteiger partial charge in [-0.15, -0.1) is 0 Å². The molecule has 2 saturated carbocycles. The second-order valence-electron chi connectivity index (χ2n) is 14.4. The molecule has 1 saturated heterocycles. The zero-order chi connectivity index (χ0) is 29.8. The Morgan fingerprint density at radius 1 is 0.786 bits per heavy atom. The maximum absolute atomic E-state index is 12.9. The number of carbonyl (C=O) groups is 1. The van der Waals surface area contributed by atoms with Gasteiger partial charge in [-0.25, -0.2) is 4.79 Å². The first kappa shape index (κ1) is 32.6. The normalized spacial score (nSPS) is 25.3. The topological polar surface area (TPSA) is 32.8 Å². The zero-order valence-corrected chi connectivity index (χ0v) is 27.1. The number of aryl methyl sites for hydroxylation is 1. The van der Waals surface area contributed by atoms with Gasteiger partial charge in [0.1, 0.15) is 0 Å². The average Bonchev–Trinajstić information content (AvgIpc) is 3.47. The van der Waals surface area contributed by atoms with Crippen LogP contribution < -0.4 is 0 Å². The van der Waals surface area contributed by atoms with Crippen LogP contribution in [0.2, 0.25) is 0 Å². The van der Waals surface area contributed by atoms with Gasteiger partial charge in [-0.05, 0) is 112 Å². The minimum Gasteiger partial charge on any atom is -0.453 e. The van der Waals surface area contributed by atoms with Crippen molar-refractivity contribution < 1.29 is 9.53 Å². The molecule has 0 radical (unpaired) electrons. The summed E-state index contributed by atoms with van der Waals surface area (Å²) in [5.74, 6) is 2.40. The maximum Gasteiger partial charge on any atom is 0.409 e. The van der Waals surface area contributed by atoms with Crippen molar-refractivity contribution in [2.75, 3.05) is 26.7 Å². The molecule has 232 valence electrons. The van der Waals surface area contributed by atoms with Crippen LogP contribution in [0.4, 0.5) is 4.79 Å². The highest BCUT2D eigenvalue weighted by atomic mass is 16.5. The Kier molecular flexibility index (Phi) is 12.8. The molecule has 1 aliphatic heterocycles. The van der Waals surface area contributed by atoms with Gasteiger partial charge in [-0.2, -0.15) is 0 Å². The van der Waals surface area contributed by atoms with E-state index < -0.39 is 0 Å².